The van der Waals surface area contributed by atoms with Crippen molar-refractivity contribution in [1.29, 1.82) is 0 Å². The summed E-state index contributed by atoms with van der Waals surface area (Å²) >= 11 is 0. The van der Waals surface area contributed by atoms with Crippen LogP contribution in [-0.2, 0) is 10.0 Å². The van der Waals surface area contributed by atoms with Crippen molar-refractivity contribution in [2.24, 2.45) is 5.92 Å². The van der Waals surface area contributed by atoms with Crippen molar-refractivity contribution in [2.75, 3.05) is 32.7 Å². The van der Waals surface area contributed by atoms with Crippen molar-refractivity contribution in [1.82, 2.24) is 9.21 Å². The predicted octanol–water partition coefficient (Wildman–Crippen LogP) is 2.10. The number of hydrogen-bond donors (Lipinski definition) is 0. The minimum Gasteiger partial charge on any atom is -0.300 e. The van der Waals surface area contributed by atoms with Crippen molar-refractivity contribution in [3.05, 3.63) is 29.6 Å². The summed E-state index contributed by atoms with van der Waals surface area (Å²) in [5.41, 5.74) is 0.356. The fraction of sp³-hybridized carbons (Fsp3) is 0.600. The Kier molecular flexibility index (Phi) is 5.01. The second kappa shape index (κ2) is 6.42. The molecule has 0 aliphatic carbocycles. The molecule has 0 unspecified atom stereocenters. The Bertz CT molecular complexity index is 594. The van der Waals surface area contributed by atoms with Gasteiger partial charge in [-0.25, -0.2) is 12.8 Å². The summed E-state index contributed by atoms with van der Waals surface area (Å²) in [6.07, 6.45) is 0. The monoisotopic (exact) mass is 314 g/mol. The van der Waals surface area contributed by atoms with Crippen molar-refractivity contribution < 1.29 is 12.8 Å². The summed E-state index contributed by atoms with van der Waals surface area (Å²) < 4.78 is 39.9. The molecular formula is C15H23FN2O2S. The number of sulfonamides is 1. The largest absolute Gasteiger partial charge is 0.300 e. The molecule has 0 radical (unpaired) electrons. The van der Waals surface area contributed by atoms with E-state index in [1.807, 2.05) is 0 Å². The lowest BCUT2D eigenvalue weighted by atomic mass is 10.2. The Labute approximate surface area is 126 Å². The van der Waals surface area contributed by atoms with Gasteiger partial charge in [-0.15, -0.1) is 0 Å². The van der Waals surface area contributed by atoms with E-state index in [1.165, 1.54) is 22.5 Å². The number of halogens is 1. The van der Waals surface area contributed by atoms with E-state index < -0.39 is 10.0 Å². The first-order valence-corrected chi connectivity index (χ1v) is 8.73. The van der Waals surface area contributed by atoms with E-state index in [1.54, 1.807) is 6.92 Å². The maximum absolute atomic E-state index is 13.3. The average Bonchev–Trinajstić information content (AvgIpc) is 2.41. The lowest BCUT2D eigenvalue weighted by molar-refractivity contribution is 0.172. The number of hydrogen-bond acceptors (Lipinski definition) is 3. The maximum atomic E-state index is 13.3. The molecule has 1 aliphatic rings. The molecule has 0 amide bonds. The van der Waals surface area contributed by atoms with Gasteiger partial charge in [-0.05, 0) is 36.6 Å². The highest BCUT2D eigenvalue weighted by Crippen LogP contribution is 2.20. The van der Waals surface area contributed by atoms with Crippen molar-refractivity contribution in [3.8, 4) is 0 Å². The summed E-state index contributed by atoms with van der Waals surface area (Å²) in [6.45, 7) is 9.36. The molecule has 1 aromatic carbocycles. The van der Waals surface area contributed by atoms with Gasteiger partial charge in [0, 0.05) is 32.7 Å². The number of piperazine rings is 1. The third-order valence-electron chi connectivity index (χ3n) is 3.72. The predicted molar refractivity (Wildman–Crippen MR) is 81.2 cm³/mol. The van der Waals surface area contributed by atoms with Gasteiger partial charge in [-0.1, -0.05) is 13.8 Å². The number of rotatable bonds is 4. The van der Waals surface area contributed by atoms with E-state index in [0.717, 1.165) is 19.6 Å². The first kappa shape index (κ1) is 16.4. The van der Waals surface area contributed by atoms with Crippen molar-refractivity contribution in [2.45, 2.75) is 25.7 Å². The van der Waals surface area contributed by atoms with Crippen LogP contribution in [-0.4, -0.2) is 50.3 Å². The van der Waals surface area contributed by atoms with Gasteiger partial charge in [0.1, 0.15) is 5.82 Å². The van der Waals surface area contributed by atoms with Gasteiger partial charge in [0.05, 0.1) is 4.90 Å². The van der Waals surface area contributed by atoms with E-state index in [2.05, 4.69) is 18.7 Å². The van der Waals surface area contributed by atoms with Crippen LogP contribution in [0.2, 0.25) is 0 Å². The van der Waals surface area contributed by atoms with Crippen molar-refractivity contribution in [3.63, 3.8) is 0 Å². The molecule has 0 bridgehead atoms. The summed E-state index contributed by atoms with van der Waals surface area (Å²) in [6, 6.07) is 3.97. The van der Waals surface area contributed by atoms with Crippen molar-refractivity contribution >= 4 is 10.0 Å². The topological polar surface area (TPSA) is 40.6 Å². The Morgan fingerprint density at radius 1 is 1.19 bits per heavy atom. The highest BCUT2D eigenvalue weighted by atomic mass is 32.2. The lowest BCUT2D eigenvalue weighted by Crippen LogP contribution is -2.49. The summed E-state index contributed by atoms with van der Waals surface area (Å²) in [5.74, 6) is 0.198. The van der Waals surface area contributed by atoms with Gasteiger partial charge in [0.15, 0.2) is 0 Å². The normalized spacial score (nSPS) is 18.3. The summed E-state index contributed by atoms with van der Waals surface area (Å²) in [5, 5.41) is 0. The van der Waals surface area contributed by atoms with E-state index in [4.69, 9.17) is 0 Å². The van der Waals surface area contributed by atoms with Gasteiger partial charge >= 0.3 is 0 Å². The molecule has 2 rings (SSSR count). The van der Waals surface area contributed by atoms with Gasteiger partial charge in [-0.2, -0.15) is 4.31 Å². The van der Waals surface area contributed by atoms with Crippen LogP contribution in [0.3, 0.4) is 0 Å². The highest BCUT2D eigenvalue weighted by molar-refractivity contribution is 7.89. The van der Waals surface area contributed by atoms with Crippen LogP contribution in [0.5, 0.6) is 0 Å². The molecule has 6 heteroatoms. The Morgan fingerprint density at radius 3 is 2.33 bits per heavy atom. The van der Waals surface area contributed by atoms with Crippen LogP contribution in [0.25, 0.3) is 0 Å². The minimum atomic E-state index is -3.51. The Hall–Kier alpha value is -0.980. The van der Waals surface area contributed by atoms with Gasteiger partial charge in [0.25, 0.3) is 0 Å². The van der Waals surface area contributed by atoms with E-state index >= 15 is 0 Å². The zero-order valence-electron chi connectivity index (χ0n) is 12.8. The van der Waals surface area contributed by atoms with E-state index in [9.17, 15) is 12.8 Å². The minimum absolute atomic E-state index is 0.179. The van der Waals surface area contributed by atoms with Gasteiger partial charge < -0.3 is 4.90 Å². The molecule has 1 aromatic rings. The van der Waals surface area contributed by atoms with Crippen LogP contribution < -0.4 is 0 Å². The zero-order chi connectivity index (χ0) is 15.6. The Balaban J connectivity index is 2.09. The SMILES string of the molecule is Cc1cc(S(=O)(=O)N2CCN(CC(C)C)CC2)ccc1F. The molecule has 1 heterocycles. The quantitative estimate of drug-likeness (QED) is 0.854. The molecule has 0 N–H and O–H groups in total. The molecule has 21 heavy (non-hydrogen) atoms. The fourth-order valence-corrected chi connectivity index (χ4v) is 4.10. The Morgan fingerprint density at radius 2 is 1.81 bits per heavy atom. The van der Waals surface area contributed by atoms with Crippen LogP contribution in [0.15, 0.2) is 23.1 Å². The first-order chi connectivity index (χ1) is 9.80. The lowest BCUT2D eigenvalue weighted by Gasteiger charge is -2.34. The first-order valence-electron chi connectivity index (χ1n) is 7.29. The molecule has 0 aromatic heterocycles. The molecule has 1 saturated heterocycles. The molecule has 4 nitrogen and oxygen atoms in total. The number of nitrogens with zero attached hydrogens (tertiary/aromatic N) is 2. The second-order valence-electron chi connectivity index (χ2n) is 6.01. The molecule has 118 valence electrons. The molecule has 0 spiro atoms. The van der Waals surface area contributed by atoms with Crippen LogP contribution in [0.1, 0.15) is 19.4 Å². The molecule has 0 saturated carbocycles. The second-order valence-corrected chi connectivity index (χ2v) is 7.95. The maximum Gasteiger partial charge on any atom is 0.243 e. The molecule has 1 fully saturated rings. The van der Waals surface area contributed by atoms with E-state index in [0.29, 0.717) is 24.6 Å². The molecule has 0 atom stereocenters. The molecular weight excluding hydrogens is 291 g/mol. The van der Waals surface area contributed by atoms with Crippen LogP contribution in [0, 0.1) is 18.7 Å². The third-order valence-corrected chi connectivity index (χ3v) is 5.62. The van der Waals surface area contributed by atoms with Gasteiger partial charge in [-0.3, -0.25) is 0 Å². The third kappa shape index (κ3) is 3.81. The van der Waals surface area contributed by atoms with E-state index in [-0.39, 0.29) is 10.7 Å². The summed E-state index contributed by atoms with van der Waals surface area (Å²) in [7, 11) is -3.51. The van der Waals surface area contributed by atoms with Crippen LogP contribution >= 0.6 is 0 Å². The smallest absolute Gasteiger partial charge is 0.243 e. The van der Waals surface area contributed by atoms with Gasteiger partial charge in [0.2, 0.25) is 10.0 Å². The van der Waals surface area contributed by atoms with Crippen LogP contribution in [0.4, 0.5) is 4.39 Å². The number of aryl methyl sites for hydroxylation is 1. The average molecular weight is 314 g/mol. The zero-order valence-corrected chi connectivity index (χ0v) is 13.7. The number of benzene rings is 1. The fourth-order valence-electron chi connectivity index (χ4n) is 2.60. The molecule has 1 aliphatic heterocycles. The standard InChI is InChI=1S/C15H23FN2O2S/c1-12(2)11-17-6-8-18(9-7-17)21(19,20)14-4-5-15(16)13(3)10-14/h4-5,10,12H,6-9,11H2,1-3H3. The summed E-state index contributed by atoms with van der Waals surface area (Å²) in [4.78, 5) is 2.46. The highest BCUT2D eigenvalue weighted by Gasteiger charge is 2.28.